The second-order valence-corrected chi connectivity index (χ2v) is 4.92. The van der Waals surface area contributed by atoms with E-state index in [4.69, 9.17) is 5.73 Å². The summed E-state index contributed by atoms with van der Waals surface area (Å²) in [6.07, 6.45) is -2.11. The summed E-state index contributed by atoms with van der Waals surface area (Å²) in [5.74, 6) is -1.14. The molecule has 1 rings (SSSR count). The summed E-state index contributed by atoms with van der Waals surface area (Å²) in [6.45, 7) is 3.78. The molecule has 0 heterocycles. The van der Waals surface area contributed by atoms with Gasteiger partial charge in [0.2, 0.25) is 0 Å². The molecule has 0 aliphatic heterocycles. The first-order valence-corrected chi connectivity index (χ1v) is 5.89. The van der Waals surface area contributed by atoms with Crippen LogP contribution < -0.4 is 11.1 Å². The molecule has 2 nitrogen and oxygen atoms in total. The van der Waals surface area contributed by atoms with Crippen LogP contribution in [0.4, 0.5) is 13.2 Å². The van der Waals surface area contributed by atoms with Crippen LogP contribution in [-0.4, -0.2) is 24.3 Å². The lowest BCUT2D eigenvalue weighted by atomic mass is 9.85. The molecule has 0 aromatic carbocycles. The Hall–Kier alpha value is -0.290. The first kappa shape index (κ1) is 13.8. The van der Waals surface area contributed by atoms with Gasteiger partial charge in [0.1, 0.15) is 0 Å². The topological polar surface area (TPSA) is 38.0 Å². The van der Waals surface area contributed by atoms with Crippen LogP contribution in [0.25, 0.3) is 0 Å². The highest BCUT2D eigenvalue weighted by Gasteiger charge is 2.42. The van der Waals surface area contributed by atoms with Gasteiger partial charge in [-0.05, 0) is 33.1 Å². The number of alkyl halides is 3. The van der Waals surface area contributed by atoms with E-state index in [0.29, 0.717) is 6.42 Å². The van der Waals surface area contributed by atoms with Crippen molar-refractivity contribution < 1.29 is 13.2 Å². The van der Waals surface area contributed by atoms with Crippen LogP contribution in [0.5, 0.6) is 0 Å². The largest absolute Gasteiger partial charge is 0.391 e. The lowest BCUT2D eigenvalue weighted by molar-refractivity contribution is -0.183. The van der Waals surface area contributed by atoms with Gasteiger partial charge in [0.25, 0.3) is 0 Å². The van der Waals surface area contributed by atoms with Gasteiger partial charge in [0.05, 0.1) is 5.92 Å². The quantitative estimate of drug-likeness (QED) is 0.792. The van der Waals surface area contributed by atoms with E-state index < -0.39 is 12.1 Å². The highest BCUT2D eigenvalue weighted by molar-refractivity contribution is 4.84. The van der Waals surface area contributed by atoms with Crippen LogP contribution in [0.3, 0.4) is 0 Å². The van der Waals surface area contributed by atoms with E-state index in [1.165, 1.54) is 0 Å². The predicted molar refractivity (Wildman–Crippen MR) is 58.0 cm³/mol. The van der Waals surface area contributed by atoms with E-state index in [1.54, 1.807) is 0 Å². The molecule has 1 saturated carbocycles. The number of nitrogens with two attached hydrogens (primary N) is 1. The monoisotopic (exact) mass is 238 g/mol. The Balaban J connectivity index is 2.45. The van der Waals surface area contributed by atoms with Crippen molar-refractivity contribution in [2.75, 3.05) is 0 Å². The third-order valence-corrected chi connectivity index (χ3v) is 3.42. The molecule has 1 aliphatic rings. The number of hydrogen-bond donors (Lipinski definition) is 2. The molecule has 0 radical (unpaired) electrons. The molecule has 0 bridgehead atoms. The average Bonchev–Trinajstić information content (AvgIpc) is 2.16. The van der Waals surface area contributed by atoms with Crippen molar-refractivity contribution in [1.29, 1.82) is 0 Å². The molecule has 0 aromatic rings. The zero-order valence-corrected chi connectivity index (χ0v) is 9.85. The van der Waals surface area contributed by atoms with Crippen LogP contribution in [0, 0.1) is 5.92 Å². The molecule has 4 atom stereocenters. The fourth-order valence-electron chi connectivity index (χ4n) is 2.16. The van der Waals surface area contributed by atoms with Gasteiger partial charge >= 0.3 is 6.18 Å². The van der Waals surface area contributed by atoms with Crippen LogP contribution in [0.15, 0.2) is 0 Å². The lowest BCUT2D eigenvalue weighted by Crippen LogP contribution is -2.48. The minimum absolute atomic E-state index is 0.0359. The van der Waals surface area contributed by atoms with Gasteiger partial charge in [-0.25, -0.2) is 0 Å². The van der Waals surface area contributed by atoms with Crippen molar-refractivity contribution in [3.8, 4) is 0 Å². The third-order valence-electron chi connectivity index (χ3n) is 3.42. The Morgan fingerprint density at radius 3 is 2.38 bits per heavy atom. The molecule has 5 heteroatoms. The van der Waals surface area contributed by atoms with Crippen molar-refractivity contribution in [3.05, 3.63) is 0 Å². The Labute approximate surface area is 94.8 Å². The average molecular weight is 238 g/mol. The molecule has 0 aromatic heterocycles. The SMILES string of the molecule is CC(N)C(C)NC1CCCC(C(F)(F)F)C1. The highest BCUT2D eigenvalue weighted by Crippen LogP contribution is 2.37. The molecule has 96 valence electrons. The second-order valence-electron chi connectivity index (χ2n) is 4.92. The van der Waals surface area contributed by atoms with E-state index in [1.807, 2.05) is 13.8 Å². The van der Waals surface area contributed by atoms with Gasteiger partial charge in [-0.15, -0.1) is 0 Å². The van der Waals surface area contributed by atoms with Crippen molar-refractivity contribution in [1.82, 2.24) is 5.32 Å². The van der Waals surface area contributed by atoms with Gasteiger partial charge in [-0.2, -0.15) is 13.2 Å². The zero-order valence-electron chi connectivity index (χ0n) is 9.85. The fourth-order valence-corrected chi connectivity index (χ4v) is 2.16. The summed E-state index contributed by atoms with van der Waals surface area (Å²) >= 11 is 0. The summed E-state index contributed by atoms with van der Waals surface area (Å²) in [5, 5.41) is 3.20. The van der Waals surface area contributed by atoms with Crippen LogP contribution in [-0.2, 0) is 0 Å². The van der Waals surface area contributed by atoms with Crippen LogP contribution in [0.2, 0.25) is 0 Å². The molecule has 4 unspecified atom stereocenters. The fraction of sp³-hybridized carbons (Fsp3) is 1.00. The lowest BCUT2D eigenvalue weighted by Gasteiger charge is -2.33. The van der Waals surface area contributed by atoms with Crippen LogP contribution >= 0.6 is 0 Å². The van der Waals surface area contributed by atoms with Crippen molar-refractivity contribution >= 4 is 0 Å². The smallest absolute Gasteiger partial charge is 0.327 e. The molecule has 1 fully saturated rings. The maximum atomic E-state index is 12.6. The van der Waals surface area contributed by atoms with Crippen molar-refractivity contribution in [3.63, 3.8) is 0 Å². The normalized spacial score (nSPS) is 31.1. The van der Waals surface area contributed by atoms with Gasteiger partial charge < -0.3 is 11.1 Å². The number of hydrogen-bond acceptors (Lipinski definition) is 2. The molecule has 16 heavy (non-hydrogen) atoms. The molecule has 0 amide bonds. The highest BCUT2D eigenvalue weighted by atomic mass is 19.4. The Morgan fingerprint density at radius 2 is 1.88 bits per heavy atom. The summed E-state index contributed by atoms with van der Waals surface area (Å²) in [7, 11) is 0. The van der Waals surface area contributed by atoms with Crippen molar-refractivity contribution in [2.45, 2.75) is 63.8 Å². The maximum absolute atomic E-state index is 12.6. The van der Waals surface area contributed by atoms with E-state index in [9.17, 15) is 13.2 Å². The molecule has 1 aliphatic carbocycles. The number of halogens is 3. The summed E-state index contributed by atoms with van der Waals surface area (Å²) in [5.41, 5.74) is 5.69. The maximum Gasteiger partial charge on any atom is 0.391 e. The first-order chi connectivity index (χ1) is 7.30. The van der Waals surface area contributed by atoms with Gasteiger partial charge in [-0.3, -0.25) is 0 Å². The standard InChI is InChI=1S/C11H21F3N2/c1-7(15)8(2)16-10-5-3-4-9(6-10)11(12,13)14/h7-10,16H,3-6,15H2,1-2H3. The van der Waals surface area contributed by atoms with Gasteiger partial charge in [-0.1, -0.05) is 6.42 Å². The van der Waals surface area contributed by atoms with E-state index in [2.05, 4.69) is 5.32 Å². The molecular formula is C11H21F3N2. The molecule has 0 spiro atoms. The zero-order chi connectivity index (χ0) is 12.3. The molecule has 3 N–H and O–H groups in total. The molecular weight excluding hydrogens is 217 g/mol. The number of rotatable bonds is 3. The summed E-state index contributed by atoms with van der Waals surface area (Å²) < 4.78 is 37.7. The minimum atomic E-state index is -4.04. The Morgan fingerprint density at radius 1 is 1.25 bits per heavy atom. The second kappa shape index (κ2) is 5.36. The Kier molecular flexibility index (Phi) is 4.62. The van der Waals surface area contributed by atoms with Gasteiger partial charge in [0.15, 0.2) is 0 Å². The van der Waals surface area contributed by atoms with E-state index >= 15 is 0 Å². The molecule has 0 saturated heterocycles. The Bertz CT molecular complexity index is 216. The van der Waals surface area contributed by atoms with Gasteiger partial charge in [0, 0.05) is 18.1 Å². The minimum Gasteiger partial charge on any atom is -0.327 e. The summed E-state index contributed by atoms with van der Waals surface area (Å²) in [4.78, 5) is 0. The predicted octanol–water partition coefficient (Wildman–Crippen LogP) is 2.43. The van der Waals surface area contributed by atoms with Crippen molar-refractivity contribution in [2.24, 2.45) is 11.7 Å². The first-order valence-electron chi connectivity index (χ1n) is 5.89. The van der Waals surface area contributed by atoms with E-state index in [0.717, 1.165) is 6.42 Å². The third kappa shape index (κ3) is 3.94. The van der Waals surface area contributed by atoms with E-state index in [-0.39, 0.29) is 31.0 Å². The summed E-state index contributed by atoms with van der Waals surface area (Å²) in [6, 6.07) is -0.00961. The number of nitrogens with one attached hydrogen (secondary N) is 1. The van der Waals surface area contributed by atoms with Crippen LogP contribution in [0.1, 0.15) is 39.5 Å².